The largest absolute Gasteiger partial charge is 0.480 e. The third-order valence-corrected chi connectivity index (χ3v) is 4.25. The molecule has 1 rings (SSSR count). The lowest BCUT2D eigenvalue weighted by Crippen LogP contribution is -2.49. The van der Waals surface area contributed by atoms with Crippen molar-refractivity contribution in [2.45, 2.75) is 25.3 Å². The van der Waals surface area contributed by atoms with Crippen LogP contribution in [0.2, 0.25) is 0 Å². The van der Waals surface area contributed by atoms with Gasteiger partial charge in [0, 0.05) is 6.61 Å². The molecule has 0 radical (unpaired) electrons. The summed E-state index contributed by atoms with van der Waals surface area (Å²) in [5.74, 6) is 0.759. The van der Waals surface area contributed by atoms with E-state index in [0.29, 0.717) is 13.0 Å². The summed E-state index contributed by atoms with van der Waals surface area (Å²) < 4.78 is 0. The van der Waals surface area contributed by atoms with Crippen LogP contribution in [0.15, 0.2) is 30.3 Å². The average molecular weight is 297 g/mol. The Kier molecular flexibility index (Phi) is 7.65. The first-order valence-electron chi connectivity index (χ1n) is 6.90. The van der Waals surface area contributed by atoms with E-state index in [0.717, 1.165) is 23.5 Å². The van der Waals surface area contributed by atoms with E-state index in [1.807, 2.05) is 37.3 Å². The zero-order chi connectivity index (χ0) is 14.8. The van der Waals surface area contributed by atoms with Crippen molar-refractivity contribution >= 4 is 17.7 Å². The molecule has 0 aliphatic carbocycles. The monoisotopic (exact) mass is 297 g/mol. The number of hydrogen-bond acceptors (Lipinski definition) is 4. The number of benzene rings is 1. The summed E-state index contributed by atoms with van der Waals surface area (Å²) in [6, 6.07) is 9.33. The van der Waals surface area contributed by atoms with Gasteiger partial charge in [0.05, 0.1) is 0 Å². The topological polar surface area (TPSA) is 69.6 Å². The van der Waals surface area contributed by atoms with Crippen molar-refractivity contribution in [1.29, 1.82) is 0 Å². The minimum atomic E-state index is -1.03. The third kappa shape index (κ3) is 4.51. The van der Waals surface area contributed by atoms with Gasteiger partial charge in [-0.1, -0.05) is 37.3 Å². The van der Waals surface area contributed by atoms with E-state index in [9.17, 15) is 9.90 Å². The van der Waals surface area contributed by atoms with Gasteiger partial charge in [0.15, 0.2) is 0 Å². The number of hydrogen-bond donors (Lipinski definition) is 3. The lowest BCUT2D eigenvalue weighted by Gasteiger charge is -2.31. The molecule has 0 saturated heterocycles. The summed E-state index contributed by atoms with van der Waals surface area (Å²) in [4.78, 5) is 11.8. The molecule has 0 heterocycles. The number of carbonyl (C=O) groups is 1. The van der Waals surface area contributed by atoms with E-state index in [1.165, 1.54) is 0 Å². The molecule has 112 valence electrons. The summed E-state index contributed by atoms with van der Waals surface area (Å²) in [5, 5.41) is 21.6. The van der Waals surface area contributed by atoms with Crippen molar-refractivity contribution < 1.29 is 15.0 Å². The van der Waals surface area contributed by atoms with Crippen LogP contribution in [0.3, 0.4) is 0 Å². The van der Waals surface area contributed by atoms with E-state index in [-0.39, 0.29) is 6.61 Å². The van der Waals surface area contributed by atoms with Crippen LogP contribution in [-0.2, 0) is 10.3 Å². The molecule has 0 aromatic heterocycles. The van der Waals surface area contributed by atoms with Gasteiger partial charge in [-0.2, -0.15) is 11.8 Å². The molecule has 0 fully saturated rings. The van der Waals surface area contributed by atoms with E-state index in [2.05, 4.69) is 5.32 Å². The highest BCUT2D eigenvalue weighted by Crippen LogP contribution is 2.27. The lowest BCUT2D eigenvalue weighted by molar-refractivity contribution is -0.145. The Morgan fingerprint density at radius 2 is 2.00 bits per heavy atom. The van der Waals surface area contributed by atoms with Gasteiger partial charge in [-0.3, -0.25) is 5.32 Å². The van der Waals surface area contributed by atoms with Gasteiger partial charge in [0.2, 0.25) is 0 Å². The first kappa shape index (κ1) is 17.0. The van der Waals surface area contributed by atoms with Crippen molar-refractivity contribution in [2.75, 3.05) is 24.7 Å². The molecule has 0 aliphatic heterocycles. The predicted octanol–water partition coefficient (Wildman–Crippen LogP) is 2.08. The van der Waals surface area contributed by atoms with Crippen LogP contribution in [-0.4, -0.2) is 40.8 Å². The average Bonchev–Trinajstić information content (AvgIpc) is 2.46. The Bertz CT molecular complexity index is 399. The Balaban J connectivity index is 2.81. The zero-order valence-electron chi connectivity index (χ0n) is 11.8. The first-order valence-corrected chi connectivity index (χ1v) is 8.05. The lowest BCUT2D eigenvalue weighted by atomic mass is 9.87. The van der Waals surface area contributed by atoms with Gasteiger partial charge in [0.1, 0.15) is 5.54 Å². The molecule has 1 aromatic rings. The smallest absolute Gasteiger partial charge is 0.328 e. The quantitative estimate of drug-likeness (QED) is 0.577. The number of carboxylic acid groups (broad SMARTS) is 1. The summed E-state index contributed by atoms with van der Waals surface area (Å²) in [7, 11) is 0. The molecule has 3 N–H and O–H groups in total. The second-order valence-electron chi connectivity index (χ2n) is 4.55. The highest BCUT2D eigenvalue weighted by Gasteiger charge is 2.38. The van der Waals surface area contributed by atoms with Gasteiger partial charge in [-0.25, -0.2) is 4.79 Å². The number of nitrogens with one attached hydrogen (secondary N) is 1. The molecule has 1 atom stereocenters. The molecule has 0 aliphatic rings. The molecule has 1 unspecified atom stereocenters. The van der Waals surface area contributed by atoms with Crippen molar-refractivity contribution in [3.8, 4) is 0 Å². The molecule has 0 spiro atoms. The fourth-order valence-electron chi connectivity index (χ4n) is 2.16. The third-order valence-electron chi connectivity index (χ3n) is 3.18. The van der Waals surface area contributed by atoms with Gasteiger partial charge < -0.3 is 10.2 Å². The van der Waals surface area contributed by atoms with Crippen LogP contribution in [0.4, 0.5) is 0 Å². The van der Waals surface area contributed by atoms with Crippen molar-refractivity contribution in [2.24, 2.45) is 0 Å². The standard InChI is InChI=1S/C15H23NO3S/c1-2-16-15(14(18)19,9-12-20-11-6-10-17)13-7-4-3-5-8-13/h3-5,7-8,16-17H,2,6,9-12H2,1H3,(H,18,19). The summed E-state index contributed by atoms with van der Waals surface area (Å²) in [6.07, 6.45) is 1.27. The SMILES string of the molecule is CCNC(CCSCCCO)(C(=O)O)c1ccccc1. The maximum atomic E-state index is 11.8. The van der Waals surface area contributed by atoms with Crippen LogP contribution in [0.25, 0.3) is 0 Å². The first-order chi connectivity index (χ1) is 9.67. The minimum absolute atomic E-state index is 0.184. The second kappa shape index (κ2) is 9.00. The van der Waals surface area contributed by atoms with Crippen molar-refractivity contribution in [3.63, 3.8) is 0 Å². The number of aliphatic hydroxyl groups is 1. The van der Waals surface area contributed by atoms with Crippen LogP contribution < -0.4 is 5.32 Å². The Morgan fingerprint density at radius 3 is 2.55 bits per heavy atom. The highest BCUT2D eigenvalue weighted by atomic mass is 32.2. The Hall–Kier alpha value is -1.04. The van der Waals surface area contributed by atoms with Gasteiger partial charge >= 0.3 is 5.97 Å². The normalized spacial score (nSPS) is 13.9. The van der Waals surface area contributed by atoms with Gasteiger partial charge in [0.25, 0.3) is 0 Å². The Morgan fingerprint density at radius 1 is 1.30 bits per heavy atom. The maximum Gasteiger partial charge on any atom is 0.328 e. The molecule has 20 heavy (non-hydrogen) atoms. The Labute approximate surface area is 124 Å². The maximum absolute atomic E-state index is 11.8. The van der Waals surface area contributed by atoms with Crippen LogP contribution in [0.5, 0.6) is 0 Å². The molecule has 0 bridgehead atoms. The van der Waals surface area contributed by atoms with E-state index >= 15 is 0 Å². The number of aliphatic carboxylic acids is 1. The van der Waals surface area contributed by atoms with Crippen molar-refractivity contribution in [1.82, 2.24) is 5.32 Å². The van der Waals surface area contributed by atoms with Crippen LogP contribution in [0.1, 0.15) is 25.3 Å². The highest BCUT2D eigenvalue weighted by molar-refractivity contribution is 7.99. The van der Waals surface area contributed by atoms with E-state index in [4.69, 9.17) is 5.11 Å². The van der Waals surface area contributed by atoms with E-state index < -0.39 is 11.5 Å². The molecule has 1 aromatic carbocycles. The van der Waals surface area contributed by atoms with E-state index in [1.54, 1.807) is 11.8 Å². The zero-order valence-corrected chi connectivity index (χ0v) is 12.7. The number of aliphatic hydroxyl groups excluding tert-OH is 1. The summed E-state index contributed by atoms with van der Waals surface area (Å²) in [6.45, 7) is 2.70. The molecular formula is C15H23NO3S. The van der Waals surface area contributed by atoms with Crippen LogP contribution >= 0.6 is 11.8 Å². The predicted molar refractivity (Wildman–Crippen MR) is 83.1 cm³/mol. The molecule has 5 heteroatoms. The summed E-state index contributed by atoms with van der Waals surface area (Å²) >= 11 is 1.68. The van der Waals surface area contributed by atoms with Crippen LogP contribution in [0, 0.1) is 0 Å². The van der Waals surface area contributed by atoms with Crippen molar-refractivity contribution in [3.05, 3.63) is 35.9 Å². The molecule has 0 amide bonds. The fraction of sp³-hybridized carbons (Fsp3) is 0.533. The number of thioether (sulfide) groups is 1. The minimum Gasteiger partial charge on any atom is -0.480 e. The summed E-state index contributed by atoms with van der Waals surface area (Å²) in [5.41, 5.74) is -0.237. The number of likely N-dealkylation sites (N-methyl/N-ethyl adjacent to an activating group) is 1. The van der Waals surface area contributed by atoms with Gasteiger partial charge in [-0.15, -0.1) is 0 Å². The molecule has 4 nitrogen and oxygen atoms in total. The molecular weight excluding hydrogens is 274 g/mol. The van der Waals surface area contributed by atoms with Gasteiger partial charge in [-0.05, 0) is 36.5 Å². The number of rotatable bonds is 10. The molecule has 0 saturated carbocycles. The fourth-order valence-corrected chi connectivity index (χ4v) is 3.15. The second-order valence-corrected chi connectivity index (χ2v) is 5.77. The number of carboxylic acids is 1.